The van der Waals surface area contributed by atoms with Gasteiger partial charge in [-0.3, -0.25) is 4.79 Å². The molecule has 0 saturated heterocycles. The van der Waals surface area contributed by atoms with E-state index in [1.54, 1.807) is 30.3 Å². The highest BCUT2D eigenvalue weighted by Gasteiger charge is 2.16. The second kappa shape index (κ2) is 5.61. The summed E-state index contributed by atoms with van der Waals surface area (Å²) in [5.41, 5.74) is -0.253. The van der Waals surface area contributed by atoms with Crippen molar-refractivity contribution in [3.8, 4) is 11.5 Å². The normalized spacial score (nSPS) is 11.9. The molecule has 0 aromatic heterocycles. The van der Waals surface area contributed by atoms with Gasteiger partial charge in [0.2, 0.25) is 0 Å². The summed E-state index contributed by atoms with van der Waals surface area (Å²) >= 11 is 0. The van der Waals surface area contributed by atoms with Crippen LogP contribution in [-0.2, 0) is 4.79 Å². The maximum absolute atomic E-state index is 12.1. The van der Waals surface area contributed by atoms with Crippen LogP contribution in [0, 0.1) is 0 Å². The summed E-state index contributed by atoms with van der Waals surface area (Å²) < 4.78 is 10.6. The average molecular weight is 274 g/mol. The van der Waals surface area contributed by atoms with Crippen molar-refractivity contribution in [2.45, 2.75) is 13.0 Å². The summed E-state index contributed by atoms with van der Waals surface area (Å²) in [6, 6.07) is 9.66. The molecule has 5 nitrogen and oxygen atoms in total. The lowest BCUT2D eigenvalue weighted by atomic mass is 10.1. The molecular formula is C15H14O5. The zero-order chi connectivity index (χ0) is 14.7. The third-order valence-corrected chi connectivity index (χ3v) is 2.91. The van der Waals surface area contributed by atoms with Crippen molar-refractivity contribution >= 4 is 16.7 Å². The van der Waals surface area contributed by atoms with E-state index in [9.17, 15) is 9.59 Å². The van der Waals surface area contributed by atoms with Crippen LogP contribution in [-0.4, -0.2) is 24.3 Å². The van der Waals surface area contributed by atoms with Gasteiger partial charge in [0.1, 0.15) is 11.5 Å². The van der Waals surface area contributed by atoms with Crippen molar-refractivity contribution in [1.82, 2.24) is 0 Å². The lowest BCUT2D eigenvalue weighted by molar-refractivity contribution is -0.144. The lowest BCUT2D eigenvalue weighted by Crippen LogP contribution is -2.23. The number of fused-ring (bicyclic) bond motifs is 1. The first-order chi connectivity index (χ1) is 9.54. The molecule has 0 unspecified atom stereocenters. The zero-order valence-corrected chi connectivity index (χ0v) is 11.1. The second-order valence-electron chi connectivity index (χ2n) is 4.24. The predicted octanol–water partition coefficient (Wildman–Crippen LogP) is 2.06. The van der Waals surface area contributed by atoms with E-state index in [1.165, 1.54) is 20.1 Å². The highest BCUT2D eigenvalue weighted by atomic mass is 16.5. The lowest BCUT2D eigenvalue weighted by Gasteiger charge is -2.13. The van der Waals surface area contributed by atoms with E-state index in [1.807, 2.05) is 0 Å². The number of hydrogen-bond acceptors (Lipinski definition) is 4. The van der Waals surface area contributed by atoms with Crippen molar-refractivity contribution in [3.63, 3.8) is 0 Å². The van der Waals surface area contributed by atoms with E-state index < -0.39 is 12.1 Å². The molecule has 0 bridgehead atoms. The van der Waals surface area contributed by atoms with Gasteiger partial charge in [0.05, 0.1) is 12.5 Å². The zero-order valence-electron chi connectivity index (χ0n) is 11.1. The van der Waals surface area contributed by atoms with Crippen molar-refractivity contribution in [3.05, 3.63) is 46.6 Å². The molecular weight excluding hydrogens is 260 g/mol. The number of carboxylic acids is 1. The van der Waals surface area contributed by atoms with Crippen LogP contribution in [0.25, 0.3) is 10.8 Å². The van der Waals surface area contributed by atoms with Crippen molar-refractivity contribution in [2.75, 3.05) is 7.11 Å². The van der Waals surface area contributed by atoms with Gasteiger partial charge >= 0.3 is 5.97 Å². The van der Waals surface area contributed by atoms with Crippen LogP contribution in [0.5, 0.6) is 11.5 Å². The van der Waals surface area contributed by atoms with E-state index in [2.05, 4.69) is 0 Å². The van der Waals surface area contributed by atoms with Crippen LogP contribution in [0.4, 0.5) is 0 Å². The van der Waals surface area contributed by atoms with Gasteiger partial charge in [0, 0.05) is 5.39 Å². The Labute approximate surface area is 115 Å². The summed E-state index contributed by atoms with van der Waals surface area (Å²) in [5, 5.41) is 9.80. The fraction of sp³-hybridized carbons (Fsp3) is 0.200. The van der Waals surface area contributed by atoms with Crippen molar-refractivity contribution in [2.24, 2.45) is 0 Å². The van der Waals surface area contributed by atoms with Crippen molar-refractivity contribution < 1.29 is 19.4 Å². The summed E-state index contributed by atoms with van der Waals surface area (Å²) in [7, 11) is 1.51. The molecule has 1 N–H and O–H groups in total. The monoisotopic (exact) mass is 274 g/mol. The van der Waals surface area contributed by atoms with Gasteiger partial charge in [-0.1, -0.05) is 18.2 Å². The van der Waals surface area contributed by atoms with Crippen LogP contribution in [0.2, 0.25) is 0 Å². The van der Waals surface area contributed by atoms with E-state index in [0.29, 0.717) is 16.5 Å². The number of carboxylic acid groups (broad SMARTS) is 1. The van der Waals surface area contributed by atoms with Crippen LogP contribution in [0.3, 0.4) is 0 Å². The molecule has 0 heterocycles. The topological polar surface area (TPSA) is 72.8 Å². The average Bonchev–Trinajstić information content (AvgIpc) is 2.61. The molecule has 1 atom stereocenters. The molecule has 0 radical (unpaired) electrons. The molecule has 0 aliphatic heterocycles. The summed E-state index contributed by atoms with van der Waals surface area (Å²) in [6.45, 7) is 1.41. The molecule has 0 aliphatic rings. The standard InChI is InChI=1S/C15H14O5/c1-9(15(17)18)20-13-8-7-12(19-2)10-5-3-4-6-11(16)14(10)13/h3-9H,1-2H3,(H,17,18)/t9-/m1/s1. The predicted molar refractivity (Wildman–Crippen MR) is 74.5 cm³/mol. The third kappa shape index (κ3) is 2.56. The second-order valence-corrected chi connectivity index (χ2v) is 4.24. The molecule has 0 spiro atoms. The summed E-state index contributed by atoms with van der Waals surface area (Å²) in [6.07, 6.45) is -1.04. The molecule has 2 rings (SSSR count). The van der Waals surface area contributed by atoms with Gasteiger partial charge < -0.3 is 14.6 Å². The van der Waals surface area contributed by atoms with Crippen LogP contribution >= 0.6 is 0 Å². The molecule has 0 fully saturated rings. The third-order valence-electron chi connectivity index (χ3n) is 2.91. The number of methoxy groups -OCH3 is 1. The van der Waals surface area contributed by atoms with Crippen molar-refractivity contribution in [1.29, 1.82) is 0 Å². The van der Waals surface area contributed by atoms with Gasteiger partial charge in [0.25, 0.3) is 0 Å². The largest absolute Gasteiger partial charge is 0.496 e. The minimum absolute atomic E-state index is 0.233. The molecule has 0 saturated carbocycles. The maximum atomic E-state index is 12.1. The minimum Gasteiger partial charge on any atom is -0.496 e. The Hall–Kier alpha value is -2.56. The highest BCUT2D eigenvalue weighted by Crippen LogP contribution is 2.30. The van der Waals surface area contributed by atoms with E-state index in [0.717, 1.165) is 0 Å². The van der Waals surface area contributed by atoms with E-state index >= 15 is 0 Å². The molecule has 0 amide bonds. The first kappa shape index (κ1) is 13.9. The Morgan fingerprint density at radius 1 is 1.15 bits per heavy atom. The Bertz CT molecular complexity index is 708. The maximum Gasteiger partial charge on any atom is 0.344 e. The van der Waals surface area contributed by atoms with Crippen LogP contribution in [0.15, 0.2) is 41.2 Å². The van der Waals surface area contributed by atoms with E-state index in [4.69, 9.17) is 14.6 Å². The van der Waals surface area contributed by atoms with Gasteiger partial charge in [-0.25, -0.2) is 4.79 Å². The van der Waals surface area contributed by atoms with Gasteiger partial charge in [-0.15, -0.1) is 0 Å². The number of carbonyl (C=O) groups is 1. The Morgan fingerprint density at radius 3 is 2.45 bits per heavy atom. The van der Waals surface area contributed by atoms with Crippen LogP contribution in [0.1, 0.15) is 6.92 Å². The van der Waals surface area contributed by atoms with Gasteiger partial charge in [-0.2, -0.15) is 0 Å². The summed E-state index contributed by atoms with van der Waals surface area (Å²) in [4.78, 5) is 23.0. The first-order valence-electron chi connectivity index (χ1n) is 6.04. The summed E-state index contributed by atoms with van der Waals surface area (Å²) in [5.74, 6) is -0.331. The smallest absolute Gasteiger partial charge is 0.344 e. The van der Waals surface area contributed by atoms with E-state index in [-0.39, 0.29) is 11.2 Å². The number of benzene rings is 1. The molecule has 20 heavy (non-hydrogen) atoms. The Balaban J connectivity index is 2.72. The van der Waals surface area contributed by atoms with Gasteiger partial charge in [-0.05, 0) is 25.1 Å². The quantitative estimate of drug-likeness (QED) is 0.923. The number of rotatable bonds is 4. The molecule has 2 aromatic rings. The molecule has 2 aromatic carbocycles. The Morgan fingerprint density at radius 2 is 1.80 bits per heavy atom. The first-order valence-corrected chi connectivity index (χ1v) is 6.04. The Kier molecular flexibility index (Phi) is 3.89. The molecule has 5 heteroatoms. The number of hydrogen-bond donors (Lipinski definition) is 1. The number of ether oxygens (including phenoxy) is 2. The molecule has 104 valence electrons. The SMILES string of the molecule is COc1ccc(O[C@H](C)C(=O)O)c2c(=O)ccccc12. The number of aliphatic carboxylic acids is 1. The van der Waals surface area contributed by atoms with Crippen LogP contribution < -0.4 is 14.9 Å². The highest BCUT2D eigenvalue weighted by molar-refractivity contribution is 5.92. The minimum atomic E-state index is -1.10. The fourth-order valence-corrected chi connectivity index (χ4v) is 1.90. The van der Waals surface area contributed by atoms with Gasteiger partial charge in [0.15, 0.2) is 11.5 Å². The fourth-order valence-electron chi connectivity index (χ4n) is 1.90. The molecule has 0 aliphatic carbocycles.